The van der Waals surface area contributed by atoms with Crippen LogP contribution in [0.4, 0.5) is 13.2 Å². The summed E-state index contributed by atoms with van der Waals surface area (Å²) >= 11 is 1.22. The van der Waals surface area contributed by atoms with Crippen molar-refractivity contribution in [3.05, 3.63) is 15.6 Å². The molecule has 6 heteroatoms. The van der Waals surface area contributed by atoms with Crippen molar-refractivity contribution in [1.29, 1.82) is 0 Å². The number of nitrogens with one attached hydrogen (secondary N) is 1. The van der Waals surface area contributed by atoms with Crippen LogP contribution in [-0.4, -0.2) is 17.7 Å². The zero-order chi connectivity index (χ0) is 12.5. The lowest BCUT2D eigenvalue weighted by Gasteiger charge is -2.21. The van der Waals surface area contributed by atoms with Crippen LogP contribution < -0.4 is 5.32 Å². The fourth-order valence-corrected chi connectivity index (χ4v) is 3.36. The van der Waals surface area contributed by atoms with Gasteiger partial charge in [-0.05, 0) is 25.8 Å². The lowest BCUT2D eigenvalue weighted by Crippen LogP contribution is -2.24. The van der Waals surface area contributed by atoms with Gasteiger partial charge in [-0.1, -0.05) is 6.92 Å². The number of hydrogen-bond acceptors (Lipinski definition) is 3. The highest BCUT2D eigenvalue weighted by atomic mass is 32.1. The smallest absolute Gasteiger partial charge is 0.309 e. The number of halogens is 3. The van der Waals surface area contributed by atoms with Crippen molar-refractivity contribution in [3.8, 4) is 0 Å². The molecular formula is C11H15F3N2S. The summed E-state index contributed by atoms with van der Waals surface area (Å²) in [6, 6.07) is 0.141. The number of aryl methyl sites for hydroxylation is 1. The Bertz CT molecular complexity index is 387. The standard InChI is InChI=1S/C11H15F3N2S/c1-2-15-7-4-3-5-8-10(7)16-9(17-8)6-11(12,13)14/h7,15H,2-6H2,1H3. The van der Waals surface area contributed by atoms with Gasteiger partial charge in [0.05, 0.1) is 18.2 Å². The summed E-state index contributed by atoms with van der Waals surface area (Å²) in [6.07, 6.45) is -2.20. The number of alkyl halides is 3. The molecule has 1 aromatic heterocycles. The normalized spacial score (nSPS) is 20.4. The highest BCUT2D eigenvalue weighted by Gasteiger charge is 2.32. The molecule has 2 nitrogen and oxygen atoms in total. The fraction of sp³-hybridized carbons (Fsp3) is 0.727. The molecule has 1 N–H and O–H groups in total. The fourth-order valence-electron chi connectivity index (χ4n) is 2.16. The number of hydrogen-bond donors (Lipinski definition) is 1. The summed E-state index contributed by atoms with van der Waals surface area (Å²) in [5, 5.41) is 3.48. The molecule has 2 rings (SSSR count). The monoisotopic (exact) mass is 264 g/mol. The minimum atomic E-state index is -4.16. The van der Waals surface area contributed by atoms with E-state index >= 15 is 0 Å². The number of fused-ring (bicyclic) bond motifs is 1. The SMILES string of the molecule is CCNC1CCCc2sc(CC(F)(F)F)nc21. The average molecular weight is 264 g/mol. The summed E-state index contributed by atoms with van der Waals surface area (Å²) in [5.74, 6) is 0. The minimum Gasteiger partial charge on any atom is -0.309 e. The van der Waals surface area contributed by atoms with Gasteiger partial charge < -0.3 is 5.32 Å². The Morgan fingerprint density at radius 3 is 2.88 bits per heavy atom. The summed E-state index contributed by atoms with van der Waals surface area (Å²) in [7, 11) is 0. The Labute approximate surface area is 102 Å². The van der Waals surface area contributed by atoms with Crippen LogP contribution in [-0.2, 0) is 12.8 Å². The molecule has 0 saturated carbocycles. The molecule has 1 aliphatic rings. The molecule has 0 amide bonds. The van der Waals surface area contributed by atoms with Gasteiger partial charge in [0.2, 0.25) is 0 Å². The van der Waals surface area contributed by atoms with Crippen molar-refractivity contribution in [2.75, 3.05) is 6.54 Å². The molecule has 1 aromatic rings. The molecule has 0 aliphatic heterocycles. The van der Waals surface area contributed by atoms with E-state index in [-0.39, 0.29) is 11.0 Å². The molecule has 1 aliphatic carbocycles. The minimum absolute atomic E-state index is 0.141. The summed E-state index contributed by atoms with van der Waals surface area (Å²) < 4.78 is 36.9. The Morgan fingerprint density at radius 1 is 1.47 bits per heavy atom. The quantitative estimate of drug-likeness (QED) is 0.906. The molecule has 17 heavy (non-hydrogen) atoms. The molecule has 1 heterocycles. The van der Waals surface area contributed by atoms with Gasteiger partial charge in [-0.2, -0.15) is 13.2 Å². The second-order valence-corrected chi connectivity index (χ2v) is 5.38. The van der Waals surface area contributed by atoms with Crippen LogP contribution in [0.15, 0.2) is 0 Å². The highest BCUT2D eigenvalue weighted by molar-refractivity contribution is 7.11. The van der Waals surface area contributed by atoms with Crippen molar-refractivity contribution in [3.63, 3.8) is 0 Å². The highest BCUT2D eigenvalue weighted by Crippen LogP contribution is 2.35. The number of nitrogens with zero attached hydrogens (tertiary/aromatic N) is 1. The molecule has 0 saturated heterocycles. The van der Waals surface area contributed by atoms with Gasteiger partial charge in [0.15, 0.2) is 0 Å². The average Bonchev–Trinajstić information content (AvgIpc) is 2.58. The van der Waals surface area contributed by atoms with E-state index in [2.05, 4.69) is 10.3 Å². The van der Waals surface area contributed by atoms with Crippen LogP contribution in [0.2, 0.25) is 0 Å². The zero-order valence-electron chi connectivity index (χ0n) is 9.60. The van der Waals surface area contributed by atoms with Gasteiger partial charge in [0.1, 0.15) is 5.01 Å². The first-order chi connectivity index (χ1) is 7.99. The molecule has 0 aromatic carbocycles. The number of rotatable bonds is 3. The second kappa shape index (κ2) is 4.94. The van der Waals surface area contributed by atoms with E-state index in [1.807, 2.05) is 6.92 Å². The van der Waals surface area contributed by atoms with Gasteiger partial charge in [-0.3, -0.25) is 0 Å². The first-order valence-electron chi connectivity index (χ1n) is 5.78. The van der Waals surface area contributed by atoms with Crippen LogP contribution >= 0.6 is 11.3 Å². The van der Waals surface area contributed by atoms with Crippen LogP contribution in [0.25, 0.3) is 0 Å². The van der Waals surface area contributed by atoms with E-state index in [4.69, 9.17) is 0 Å². The summed E-state index contributed by atoms with van der Waals surface area (Å²) in [5.41, 5.74) is 0.849. The molecule has 0 spiro atoms. The second-order valence-electron chi connectivity index (χ2n) is 4.21. The largest absolute Gasteiger partial charge is 0.395 e. The van der Waals surface area contributed by atoms with Gasteiger partial charge in [-0.25, -0.2) is 4.98 Å². The molecule has 1 unspecified atom stereocenters. The number of aromatic nitrogens is 1. The van der Waals surface area contributed by atoms with Crippen molar-refractivity contribution in [2.24, 2.45) is 0 Å². The topological polar surface area (TPSA) is 24.9 Å². The lowest BCUT2D eigenvalue weighted by atomic mass is 9.98. The van der Waals surface area contributed by atoms with Crippen LogP contribution in [0, 0.1) is 0 Å². The van der Waals surface area contributed by atoms with Gasteiger partial charge in [0.25, 0.3) is 0 Å². The van der Waals surface area contributed by atoms with E-state index < -0.39 is 12.6 Å². The van der Waals surface area contributed by atoms with E-state index in [1.54, 1.807) is 0 Å². The first-order valence-corrected chi connectivity index (χ1v) is 6.60. The van der Waals surface area contributed by atoms with Crippen LogP contribution in [0.3, 0.4) is 0 Å². The van der Waals surface area contributed by atoms with Crippen LogP contribution in [0.5, 0.6) is 0 Å². The molecule has 96 valence electrons. The van der Waals surface area contributed by atoms with E-state index in [0.29, 0.717) is 0 Å². The molecule has 0 fully saturated rings. The van der Waals surface area contributed by atoms with Crippen molar-refractivity contribution in [1.82, 2.24) is 10.3 Å². The van der Waals surface area contributed by atoms with Gasteiger partial charge in [0, 0.05) is 4.88 Å². The summed E-state index contributed by atoms with van der Waals surface area (Å²) in [6.45, 7) is 2.81. The zero-order valence-corrected chi connectivity index (χ0v) is 10.4. The first kappa shape index (κ1) is 12.8. The van der Waals surface area contributed by atoms with Crippen molar-refractivity contribution >= 4 is 11.3 Å². The maximum Gasteiger partial charge on any atom is 0.395 e. The Balaban J connectivity index is 2.18. The Hall–Kier alpha value is -0.620. The Kier molecular flexibility index (Phi) is 3.73. The predicted molar refractivity (Wildman–Crippen MR) is 61.2 cm³/mol. The Morgan fingerprint density at radius 2 is 2.24 bits per heavy atom. The van der Waals surface area contributed by atoms with E-state index in [0.717, 1.165) is 36.4 Å². The maximum absolute atomic E-state index is 12.3. The molecule has 0 bridgehead atoms. The number of thiazole rings is 1. The van der Waals surface area contributed by atoms with Gasteiger partial charge in [-0.15, -0.1) is 11.3 Å². The van der Waals surface area contributed by atoms with Crippen LogP contribution in [0.1, 0.15) is 41.4 Å². The predicted octanol–water partition coefficient (Wildman–Crippen LogP) is 3.23. The molecule has 0 radical (unpaired) electrons. The van der Waals surface area contributed by atoms with E-state index in [9.17, 15) is 13.2 Å². The third kappa shape index (κ3) is 3.19. The third-order valence-electron chi connectivity index (χ3n) is 2.80. The molecule has 1 atom stereocenters. The van der Waals surface area contributed by atoms with Crippen molar-refractivity contribution in [2.45, 2.75) is 44.8 Å². The van der Waals surface area contributed by atoms with Gasteiger partial charge >= 0.3 is 6.18 Å². The maximum atomic E-state index is 12.3. The summed E-state index contributed by atoms with van der Waals surface area (Å²) in [4.78, 5) is 5.20. The molecular weight excluding hydrogens is 249 g/mol. The van der Waals surface area contributed by atoms with Crippen molar-refractivity contribution < 1.29 is 13.2 Å². The van der Waals surface area contributed by atoms with E-state index in [1.165, 1.54) is 11.3 Å². The third-order valence-corrected chi connectivity index (χ3v) is 3.93. The lowest BCUT2D eigenvalue weighted by molar-refractivity contribution is -0.127.